The molecule has 30 heavy (non-hydrogen) atoms. The van der Waals surface area contributed by atoms with Crippen LogP contribution in [0.1, 0.15) is 31.9 Å². The molecule has 0 spiro atoms. The van der Waals surface area contributed by atoms with E-state index < -0.39 is 10.0 Å². The number of nitrogens with zero attached hydrogens (tertiary/aromatic N) is 2. The van der Waals surface area contributed by atoms with Crippen LogP contribution < -0.4 is 4.72 Å². The molecule has 0 aliphatic heterocycles. The minimum absolute atomic E-state index is 0.0256. The Morgan fingerprint density at radius 2 is 1.60 bits per heavy atom. The minimum Gasteiger partial charge on any atom is -0.306 e. The van der Waals surface area contributed by atoms with Crippen molar-refractivity contribution >= 4 is 21.4 Å². The number of benzene rings is 2. The highest BCUT2D eigenvalue weighted by molar-refractivity contribution is 7.92. The fraction of sp³-hybridized carbons (Fsp3) is 0.208. The molecule has 0 aliphatic carbocycles. The van der Waals surface area contributed by atoms with Crippen LogP contribution in [0.25, 0.3) is 16.9 Å². The Kier molecular flexibility index (Phi) is 4.90. The molecular formula is C24H25N3O2S. The van der Waals surface area contributed by atoms with E-state index in [-0.39, 0.29) is 10.3 Å². The summed E-state index contributed by atoms with van der Waals surface area (Å²) in [6, 6.07) is 18.3. The molecule has 0 bridgehead atoms. The van der Waals surface area contributed by atoms with Crippen molar-refractivity contribution in [3.63, 3.8) is 0 Å². The van der Waals surface area contributed by atoms with Crippen LogP contribution in [0.2, 0.25) is 0 Å². The maximum Gasteiger partial charge on any atom is 0.261 e. The second-order valence-electron chi connectivity index (χ2n) is 8.55. The number of nitrogens with one attached hydrogen (secondary N) is 1. The highest BCUT2D eigenvalue weighted by atomic mass is 32.2. The maximum absolute atomic E-state index is 12.7. The van der Waals surface area contributed by atoms with Crippen molar-refractivity contribution in [1.29, 1.82) is 0 Å². The van der Waals surface area contributed by atoms with E-state index in [9.17, 15) is 8.42 Å². The number of anilines is 1. The van der Waals surface area contributed by atoms with Crippen molar-refractivity contribution < 1.29 is 8.42 Å². The lowest BCUT2D eigenvalue weighted by atomic mass is 9.87. The lowest BCUT2D eigenvalue weighted by Crippen LogP contribution is -2.14. The van der Waals surface area contributed by atoms with E-state index in [1.54, 1.807) is 24.3 Å². The van der Waals surface area contributed by atoms with Gasteiger partial charge in [0, 0.05) is 23.6 Å². The second kappa shape index (κ2) is 7.29. The number of aryl methyl sites for hydroxylation is 1. The molecule has 0 radical (unpaired) electrons. The molecule has 2 heterocycles. The van der Waals surface area contributed by atoms with Crippen LogP contribution in [0.15, 0.2) is 78.0 Å². The number of hydrogen-bond acceptors (Lipinski definition) is 3. The third kappa shape index (κ3) is 4.09. The quantitative estimate of drug-likeness (QED) is 0.481. The number of sulfonamides is 1. The Morgan fingerprint density at radius 3 is 2.23 bits per heavy atom. The summed E-state index contributed by atoms with van der Waals surface area (Å²) in [6.45, 7) is 8.33. The van der Waals surface area contributed by atoms with Crippen molar-refractivity contribution in [2.45, 2.75) is 38.0 Å². The summed E-state index contributed by atoms with van der Waals surface area (Å²) in [7, 11) is -3.65. The van der Waals surface area contributed by atoms with Gasteiger partial charge in [0.15, 0.2) is 0 Å². The first-order valence-corrected chi connectivity index (χ1v) is 11.3. The minimum atomic E-state index is -3.65. The largest absolute Gasteiger partial charge is 0.306 e. The van der Waals surface area contributed by atoms with E-state index >= 15 is 0 Å². The highest BCUT2D eigenvalue weighted by Gasteiger charge is 2.18. The van der Waals surface area contributed by atoms with Crippen LogP contribution in [0.3, 0.4) is 0 Å². The second-order valence-corrected chi connectivity index (χ2v) is 10.2. The number of aromatic nitrogens is 2. The number of rotatable bonds is 4. The highest BCUT2D eigenvalue weighted by Crippen LogP contribution is 2.26. The van der Waals surface area contributed by atoms with Gasteiger partial charge in [0.1, 0.15) is 5.65 Å². The Morgan fingerprint density at radius 1 is 0.933 bits per heavy atom. The predicted molar refractivity (Wildman–Crippen MR) is 121 cm³/mol. The van der Waals surface area contributed by atoms with Gasteiger partial charge in [0.05, 0.1) is 10.6 Å². The average Bonchev–Trinajstić information content (AvgIpc) is 3.11. The zero-order valence-electron chi connectivity index (χ0n) is 17.5. The fourth-order valence-corrected chi connectivity index (χ4v) is 4.34. The number of fused-ring (bicyclic) bond motifs is 1. The first-order chi connectivity index (χ1) is 14.1. The first-order valence-electron chi connectivity index (χ1n) is 9.81. The number of imidazole rings is 1. The van der Waals surface area contributed by atoms with Gasteiger partial charge in [-0.05, 0) is 59.9 Å². The lowest BCUT2D eigenvalue weighted by molar-refractivity contribution is 0.587. The molecule has 0 unspecified atom stereocenters. The van der Waals surface area contributed by atoms with Crippen molar-refractivity contribution in [3.05, 3.63) is 84.2 Å². The third-order valence-corrected chi connectivity index (χ3v) is 6.48. The molecule has 0 aliphatic rings. The fourth-order valence-electron chi connectivity index (χ4n) is 3.28. The van der Waals surface area contributed by atoms with Crippen molar-refractivity contribution in [1.82, 2.24) is 9.38 Å². The molecule has 4 aromatic rings. The van der Waals surface area contributed by atoms with E-state index in [0.29, 0.717) is 5.69 Å². The molecule has 2 aromatic carbocycles. The monoisotopic (exact) mass is 419 g/mol. The Labute approximate surface area is 177 Å². The normalized spacial score (nSPS) is 12.3. The van der Waals surface area contributed by atoms with Crippen LogP contribution >= 0.6 is 0 Å². The van der Waals surface area contributed by atoms with Crippen LogP contribution in [0.4, 0.5) is 5.69 Å². The van der Waals surface area contributed by atoms with Gasteiger partial charge in [-0.1, -0.05) is 45.0 Å². The Hall–Kier alpha value is -3.12. The van der Waals surface area contributed by atoms with Gasteiger partial charge in [-0.2, -0.15) is 0 Å². The molecule has 0 amide bonds. The molecule has 2 aromatic heterocycles. The molecule has 0 saturated heterocycles. The van der Waals surface area contributed by atoms with Crippen LogP contribution in [0, 0.1) is 6.92 Å². The van der Waals surface area contributed by atoms with Gasteiger partial charge < -0.3 is 4.40 Å². The van der Waals surface area contributed by atoms with Gasteiger partial charge in [-0.3, -0.25) is 4.72 Å². The predicted octanol–water partition coefficient (Wildman–Crippen LogP) is 5.41. The molecule has 0 fully saturated rings. The molecule has 154 valence electrons. The van der Waals surface area contributed by atoms with Gasteiger partial charge in [0.2, 0.25) is 0 Å². The van der Waals surface area contributed by atoms with E-state index in [1.807, 2.05) is 60.1 Å². The van der Waals surface area contributed by atoms with E-state index in [1.165, 1.54) is 0 Å². The summed E-state index contributed by atoms with van der Waals surface area (Å²) < 4.78 is 30.1. The van der Waals surface area contributed by atoms with Gasteiger partial charge >= 0.3 is 0 Å². The number of pyridine rings is 1. The molecule has 0 atom stereocenters. The molecule has 5 nitrogen and oxygen atoms in total. The summed E-state index contributed by atoms with van der Waals surface area (Å²) >= 11 is 0. The van der Waals surface area contributed by atoms with Crippen LogP contribution in [0.5, 0.6) is 0 Å². The first kappa shape index (κ1) is 20.2. The van der Waals surface area contributed by atoms with Crippen molar-refractivity contribution in [2.75, 3.05) is 4.72 Å². The lowest BCUT2D eigenvalue weighted by Gasteiger charge is -2.19. The van der Waals surface area contributed by atoms with Gasteiger partial charge in [0.25, 0.3) is 10.0 Å². The summed E-state index contributed by atoms with van der Waals surface area (Å²) in [5, 5.41) is 0. The standard InChI is InChI=1S/C24H25N3O2S/c1-17-13-14-27-16-22(25-23(27)15-17)18-5-9-20(10-6-18)26-30(28,29)21-11-7-19(8-12-21)24(2,3)4/h5-16,26H,1-4H3. The van der Waals surface area contributed by atoms with Crippen molar-refractivity contribution in [3.8, 4) is 11.3 Å². The van der Waals surface area contributed by atoms with Gasteiger partial charge in [-0.15, -0.1) is 0 Å². The third-order valence-electron chi connectivity index (χ3n) is 5.08. The smallest absolute Gasteiger partial charge is 0.261 e. The topological polar surface area (TPSA) is 63.5 Å². The summed E-state index contributed by atoms with van der Waals surface area (Å²) in [5.74, 6) is 0. The maximum atomic E-state index is 12.7. The Bertz CT molecular complexity index is 1300. The SMILES string of the molecule is Cc1ccn2cc(-c3ccc(NS(=O)(=O)c4ccc(C(C)(C)C)cc4)cc3)nc2c1. The summed E-state index contributed by atoms with van der Waals surface area (Å²) in [5.41, 5.74) is 5.38. The summed E-state index contributed by atoms with van der Waals surface area (Å²) in [6.07, 6.45) is 3.94. The zero-order valence-corrected chi connectivity index (χ0v) is 18.4. The summed E-state index contributed by atoms with van der Waals surface area (Å²) in [4.78, 5) is 4.89. The van der Waals surface area contributed by atoms with Crippen molar-refractivity contribution in [2.24, 2.45) is 0 Å². The molecule has 1 N–H and O–H groups in total. The molecule has 4 rings (SSSR count). The van der Waals surface area contributed by atoms with Crippen LogP contribution in [-0.2, 0) is 15.4 Å². The number of hydrogen-bond donors (Lipinski definition) is 1. The molecule has 6 heteroatoms. The average molecular weight is 420 g/mol. The van der Waals surface area contributed by atoms with E-state index in [2.05, 4.69) is 30.5 Å². The van der Waals surface area contributed by atoms with E-state index in [0.717, 1.165) is 28.0 Å². The zero-order chi connectivity index (χ0) is 21.5. The van der Waals surface area contributed by atoms with E-state index in [4.69, 9.17) is 0 Å². The molecule has 0 saturated carbocycles. The Balaban J connectivity index is 1.55. The molecular weight excluding hydrogens is 394 g/mol. The van der Waals surface area contributed by atoms with Crippen LogP contribution in [-0.4, -0.2) is 17.8 Å². The van der Waals surface area contributed by atoms with Gasteiger partial charge in [-0.25, -0.2) is 13.4 Å².